The Hall–Kier alpha value is -0.810. The summed E-state index contributed by atoms with van der Waals surface area (Å²) in [4.78, 5) is 24.7. The Balaban J connectivity index is 0.00000192. The fraction of sp³-hybridized carbons (Fsp3) is 0.882. The molecule has 6 heteroatoms. The molecule has 132 valence electrons. The van der Waals surface area contributed by atoms with Gasteiger partial charge in [0.2, 0.25) is 5.91 Å². The van der Waals surface area contributed by atoms with Crippen molar-refractivity contribution in [3.63, 3.8) is 0 Å². The van der Waals surface area contributed by atoms with Crippen molar-refractivity contribution >= 4 is 24.3 Å². The van der Waals surface area contributed by atoms with Gasteiger partial charge in [-0.05, 0) is 63.7 Å². The zero-order valence-electron chi connectivity index (χ0n) is 14.3. The summed E-state index contributed by atoms with van der Waals surface area (Å²) in [6, 6.07) is 0.202. The minimum absolute atomic E-state index is 0. The monoisotopic (exact) mass is 344 g/mol. The molecule has 2 unspecified atom stereocenters. The first-order valence-electron chi connectivity index (χ1n) is 8.41. The van der Waals surface area contributed by atoms with E-state index in [0.29, 0.717) is 24.3 Å². The number of rotatable bonds is 4. The Labute approximate surface area is 144 Å². The Morgan fingerprint density at radius 3 is 2.26 bits per heavy atom. The molecule has 0 spiro atoms. The van der Waals surface area contributed by atoms with Crippen LogP contribution in [0.25, 0.3) is 0 Å². The number of halogens is 1. The van der Waals surface area contributed by atoms with Crippen LogP contribution in [0.3, 0.4) is 0 Å². The second-order valence-corrected chi connectivity index (χ2v) is 8.33. The first kappa shape index (κ1) is 18.5. The van der Waals surface area contributed by atoms with Crippen molar-refractivity contribution in [1.29, 1.82) is 0 Å². The number of nitrogens with two attached hydrogens (primary N) is 1. The average molecular weight is 345 g/mol. The molecule has 0 aromatic rings. The Morgan fingerprint density at radius 2 is 1.78 bits per heavy atom. The van der Waals surface area contributed by atoms with E-state index in [0.717, 1.165) is 32.1 Å². The molecular formula is C17H29ClN2O3. The smallest absolute Gasteiger partial charge is 0.311 e. The third-order valence-electron chi connectivity index (χ3n) is 6.31. The van der Waals surface area contributed by atoms with E-state index in [-0.39, 0.29) is 35.7 Å². The van der Waals surface area contributed by atoms with E-state index in [1.807, 2.05) is 13.8 Å². The lowest BCUT2D eigenvalue weighted by Crippen LogP contribution is -2.62. The molecule has 4 aliphatic rings. The molecule has 0 aromatic carbocycles. The molecule has 23 heavy (non-hydrogen) atoms. The Morgan fingerprint density at radius 1 is 1.22 bits per heavy atom. The molecule has 4 rings (SSSR count). The number of hydrogen-bond acceptors (Lipinski definition) is 4. The standard InChI is InChI=1S/C17H28N2O3.ClH/c1-16(2,9-18)14(20)19-13-11-4-10-5-12(13)8-17(6-10,7-11)15(21)22-3;/h10-13H,4-9,18H2,1-3H3,(H,19,20);1H. The maximum atomic E-state index is 12.5. The van der Waals surface area contributed by atoms with Crippen molar-refractivity contribution in [2.75, 3.05) is 13.7 Å². The summed E-state index contributed by atoms with van der Waals surface area (Å²) < 4.78 is 5.08. The van der Waals surface area contributed by atoms with E-state index in [4.69, 9.17) is 10.5 Å². The van der Waals surface area contributed by atoms with Crippen LogP contribution < -0.4 is 11.1 Å². The highest BCUT2D eigenvalue weighted by Gasteiger charge is 2.59. The van der Waals surface area contributed by atoms with Crippen molar-refractivity contribution in [3.8, 4) is 0 Å². The highest BCUT2D eigenvalue weighted by molar-refractivity contribution is 5.85. The van der Waals surface area contributed by atoms with Gasteiger partial charge in [0.05, 0.1) is 17.9 Å². The van der Waals surface area contributed by atoms with Crippen molar-refractivity contribution in [2.45, 2.75) is 52.0 Å². The molecule has 4 saturated carbocycles. The molecule has 3 N–H and O–H groups in total. The molecule has 0 saturated heterocycles. The maximum absolute atomic E-state index is 12.5. The normalized spacial score (nSPS) is 37.9. The summed E-state index contributed by atoms with van der Waals surface area (Å²) in [6.07, 6.45) is 4.95. The van der Waals surface area contributed by atoms with E-state index < -0.39 is 5.41 Å². The van der Waals surface area contributed by atoms with Crippen LogP contribution in [0.5, 0.6) is 0 Å². The van der Waals surface area contributed by atoms with Crippen molar-refractivity contribution in [1.82, 2.24) is 5.32 Å². The first-order chi connectivity index (χ1) is 10.3. The lowest BCUT2D eigenvalue weighted by Gasteiger charge is -2.58. The predicted octanol–water partition coefficient (Wildman–Crippen LogP) is 1.88. The van der Waals surface area contributed by atoms with Crippen molar-refractivity contribution in [3.05, 3.63) is 0 Å². The van der Waals surface area contributed by atoms with Gasteiger partial charge in [0, 0.05) is 12.6 Å². The van der Waals surface area contributed by atoms with Gasteiger partial charge in [-0.2, -0.15) is 0 Å². The van der Waals surface area contributed by atoms with Crippen LogP contribution in [0, 0.1) is 28.6 Å². The largest absolute Gasteiger partial charge is 0.469 e. The molecule has 0 heterocycles. The Bertz CT molecular complexity index is 478. The average Bonchev–Trinajstić information content (AvgIpc) is 2.49. The van der Waals surface area contributed by atoms with E-state index in [1.54, 1.807) is 0 Å². The fourth-order valence-corrected chi connectivity index (χ4v) is 5.17. The van der Waals surface area contributed by atoms with Gasteiger partial charge in [0.15, 0.2) is 0 Å². The molecule has 0 aromatic heterocycles. The number of hydrogen-bond donors (Lipinski definition) is 2. The molecule has 4 bridgehead atoms. The molecule has 0 radical (unpaired) electrons. The quantitative estimate of drug-likeness (QED) is 0.763. The predicted molar refractivity (Wildman–Crippen MR) is 90.0 cm³/mol. The molecule has 4 aliphatic carbocycles. The number of nitrogens with one attached hydrogen (secondary N) is 1. The number of methoxy groups -OCH3 is 1. The Kier molecular flexibility index (Phi) is 5.03. The fourth-order valence-electron chi connectivity index (χ4n) is 5.17. The van der Waals surface area contributed by atoms with Crippen LogP contribution in [0.4, 0.5) is 0 Å². The van der Waals surface area contributed by atoms with Gasteiger partial charge < -0.3 is 15.8 Å². The number of esters is 1. The number of carbonyl (C=O) groups is 2. The van der Waals surface area contributed by atoms with Crippen LogP contribution >= 0.6 is 12.4 Å². The van der Waals surface area contributed by atoms with Gasteiger partial charge in [-0.15, -0.1) is 12.4 Å². The molecule has 1 amide bonds. The van der Waals surface area contributed by atoms with Crippen molar-refractivity contribution < 1.29 is 14.3 Å². The summed E-state index contributed by atoms with van der Waals surface area (Å²) in [5.74, 6) is 1.43. The third kappa shape index (κ3) is 2.98. The zero-order valence-corrected chi connectivity index (χ0v) is 15.1. The van der Waals surface area contributed by atoms with Crippen LogP contribution in [0.2, 0.25) is 0 Å². The van der Waals surface area contributed by atoms with E-state index in [9.17, 15) is 9.59 Å². The zero-order chi connectivity index (χ0) is 16.1. The lowest BCUT2D eigenvalue weighted by atomic mass is 9.48. The number of carbonyl (C=O) groups excluding carboxylic acids is 2. The molecule has 0 aliphatic heterocycles. The van der Waals surface area contributed by atoms with Crippen LogP contribution in [0.15, 0.2) is 0 Å². The molecular weight excluding hydrogens is 316 g/mol. The number of amides is 1. The van der Waals surface area contributed by atoms with E-state index >= 15 is 0 Å². The van der Waals surface area contributed by atoms with Crippen LogP contribution in [-0.4, -0.2) is 31.6 Å². The first-order valence-corrected chi connectivity index (χ1v) is 8.41. The molecule has 5 nitrogen and oxygen atoms in total. The second kappa shape index (κ2) is 6.25. The summed E-state index contributed by atoms with van der Waals surface area (Å²) in [7, 11) is 1.49. The van der Waals surface area contributed by atoms with Gasteiger partial charge in [0.1, 0.15) is 0 Å². The summed E-state index contributed by atoms with van der Waals surface area (Å²) in [5.41, 5.74) is 4.90. The molecule has 4 fully saturated rings. The summed E-state index contributed by atoms with van der Waals surface area (Å²) in [5, 5.41) is 3.26. The summed E-state index contributed by atoms with van der Waals surface area (Å²) in [6.45, 7) is 4.11. The molecule has 2 atom stereocenters. The van der Waals surface area contributed by atoms with Gasteiger partial charge >= 0.3 is 5.97 Å². The van der Waals surface area contributed by atoms with Gasteiger partial charge in [0.25, 0.3) is 0 Å². The van der Waals surface area contributed by atoms with E-state index in [2.05, 4.69) is 5.32 Å². The van der Waals surface area contributed by atoms with Gasteiger partial charge in [-0.3, -0.25) is 9.59 Å². The highest BCUT2D eigenvalue weighted by Crippen LogP contribution is 2.60. The van der Waals surface area contributed by atoms with Gasteiger partial charge in [-0.25, -0.2) is 0 Å². The van der Waals surface area contributed by atoms with Crippen LogP contribution in [-0.2, 0) is 14.3 Å². The van der Waals surface area contributed by atoms with Crippen LogP contribution in [0.1, 0.15) is 46.0 Å². The third-order valence-corrected chi connectivity index (χ3v) is 6.31. The SMILES string of the molecule is COC(=O)C12CC3CC(C1)C(NC(=O)C(C)(C)CN)C(C3)C2.Cl. The number of ether oxygens (including phenoxy) is 1. The van der Waals surface area contributed by atoms with E-state index in [1.165, 1.54) is 7.11 Å². The second-order valence-electron chi connectivity index (χ2n) is 8.33. The van der Waals surface area contributed by atoms with Crippen molar-refractivity contribution in [2.24, 2.45) is 34.3 Å². The minimum atomic E-state index is -0.533. The summed E-state index contributed by atoms with van der Waals surface area (Å²) >= 11 is 0. The minimum Gasteiger partial charge on any atom is -0.469 e. The highest BCUT2D eigenvalue weighted by atomic mass is 35.5. The lowest BCUT2D eigenvalue weighted by molar-refractivity contribution is -0.171. The van der Waals surface area contributed by atoms with Gasteiger partial charge in [-0.1, -0.05) is 0 Å². The maximum Gasteiger partial charge on any atom is 0.311 e. The topological polar surface area (TPSA) is 81.4 Å².